The number of anilines is 1. The van der Waals surface area contributed by atoms with Crippen molar-refractivity contribution in [2.45, 2.75) is 38.3 Å². The molecule has 31 heavy (non-hydrogen) atoms. The first-order chi connectivity index (χ1) is 14.9. The molecule has 3 N–H and O–H groups in total. The number of hydrogen-bond donors (Lipinski definition) is 2. The molecule has 160 valence electrons. The highest BCUT2D eigenvalue weighted by molar-refractivity contribution is 5.95. The summed E-state index contributed by atoms with van der Waals surface area (Å²) >= 11 is 0. The second-order valence-electron chi connectivity index (χ2n) is 8.64. The molecule has 2 fully saturated rings. The van der Waals surface area contributed by atoms with Gasteiger partial charge in [-0.1, -0.05) is 12.8 Å². The van der Waals surface area contributed by atoms with Gasteiger partial charge in [0, 0.05) is 30.2 Å². The Labute approximate surface area is 180 Å². The fourth-order valence-corrected chi connectivity index (χ4v) is 4.19. The van der Waals surface area contributed by atoms with Gasteiger partial charge in [-0.15, -0.1) is 0 Å². The lowest BCUT2D eigenvalue weighted by atomic mass is 10.0. The Morgan fingerprint density at radius 3 is 2.77 bits per heavy atom. The molecule has 1 saturated heterocycles. The molecule has 1 aliphatic carbocycles. The highest BCUT2D eigenvalue weighted by Gasteiger charge is 2.38. The molecule has 0 aromatic carbocycles. The predicted molar refractivity (Wildman–Crippen MR) is 117 cm³/mol. The molecule has 3 aromatic heterocycles. The Morgan fingerprint density at radius 2 is 2.06 bits per heavy atom. The van der Waals surface area contributed by atoms with Gasteiger partial charge < -0.3 is 15.4 Å². The zero-order chi connectivity index (χ0) is 21.8. The average Bonchev–Trinajstić information content (AvgIpc) is 3.51. The van der Waals surface area contributed by atoms with Gasteiger partial charge in [-0.3, -0.25) is 4.90 Å². The van der Waals surface area contributed by atoms with Gasteiger partial charge in [0.2, 0.25) is 5.95 Å². The highest BCUT2D eigenvalue weighted by Crippen LogP contribution is 2.39. The number of halogens is 1. The largest absolute Gasteiger partial charge is 0.378 e. The minimum Gasteiger partial charge on any atom is -0.378 e. The third-order valence-corrected chi connectivity index (χ3v) is 6.33. The van der Waals surface area contributed by atoms with Crippen molar-refractivity contribution in [3.05, 3.63) is 36.2 Å². The number of fused-ring (bicyclic) bond motifs is 1. The number of nitrogens with two attached hydrogens (primary N) is 1. The van der Waals surface area contributed by atoms with E-state index in [1.165, 1.54) is 0 Å². The van der Waals surface area contributed by atoms with Crippen molar-refractivity contribution in [1.82, 2.24) is 24.4 Å². The molecular formula is C23H25FN6O. The summed E-state index contributed by atoms with van der Waals surface area (Å²) in [5, 5.41) is 11.3. The van der Waals surface area contributed by atoms with E-state index in [-0.39, 0.29) is 23.6 Å². The van der Waals surface area contributed by atoms with Crippen LogP contribution in [0.15, 0.2) is 24.7 Å². The van der Waals surface area contributed by atoms with Crippen molar-refractivity contribution in [2.75, 3.05) is 25.4 Å². The second kappa shape index (κ2) is 7.29. The minimum absolute atomic E-state index is 0.0210. The van der Waals surface area contributed by atoms with E-state index in [4.69, 9.17) is 5.73 Å². The fraction of sp³-hybridized carbons (Fsp3) is 0.435. The first kappa shape index (κ1) is 19.9. The van der Waals surface area contributed by atoms with E-state index in [9.17, 15) is 9.50 Å². The standard InChI is InChI=1S/C23H25FN6O/c1-3-29-11-16(12-29)30-13-18(21-19(24)9-27-22(25)28-21)17-8-15(26-10-20(17)30)6-7-23(2,31)14-4-5-14/h8-10,13-14,16,31H,3-5,11-12H2,1-2H3,(H2,25,27,28). The number of hydrogen-bond acceptors (Lipinski definition) is 6. The summed E-state index contributed by atoms with van der Waals surface area (Å²) in [6, 6.07) is 2.12. The number of nitrogen functional groups attached to an aromatic ring is 1. The number of pyridine rings is 1. The van der Waals surface area contributed by atoms with Crippen LogP contribution in [0.1, 0.15) is 38.4 Å². The second-order valence-corrected chi connectivity index (χ2v) is 8.64. The van der Waals surface area contributed by atoms with Crippen molar-refractivity contribution in [2.24, 2.45) is 5.92 Å². The number of rotatable bonds is 4. The molecule has 1 unspecified atom stereocenters. The van der Waals surface area contributed by atoms with Crippen LogP contribution in [0.2, 0.25) is 0 Å². The van der Waals surface area contributed by atoms with Crippen LogP contribution >= 0.6 is 0 Å². The molecule has 2 aliphatic rings. The molecule has 4 heterocycles. The molecule has 1 saturated carbocycles. The SMILES string of the molecule is CCN1CC(n2cc(-c3nc(N)ncc3F)c3cc(C#CC(C)(O)C4CC4)ncc32)C1. The third kappa shape index (κ3) is 3.64. The van der Waals surface area contributed by atoms with Gasteiger partial charge in [-0.05, 0) is 44.2 Å². The van der Waals surface area contributed by atoms with Crippen LogP contribution in [0.3, 0.4) is 0 Å². The summed E-state index contributed by atoms with van der Waals surface area (Å²) in [6.07, 6.45) is 6.77. The monoisotopic (exact) mass is 420 g/mol. The molecule has 8 heteroatoms. The van der Waals surface area contributed by atoms with E-state index in [1.807, 2.05) is 12.3 Å². The van der Waals surface area contributed by atoms with Crippen molar-refractivity contribution < 1.29 is 9.50 Å². The third-order valence-electron chi connectivity index (χ3n) is 6.33. The van der Waals surface area contributed by atoms with Gasteiger partial charge >= 0.3 is 0 Å². The lowest BCUT2D eigenvalue weighted by molar-refractivity contribution is 0.0980. The van der Waals surface area contributed by atoms with Crippen LogP contribution in [0, 0.1) is 23.6 Å². The summed E-state index contributed by atoms with van der Waals surface area (Å²) < 4.78 is 16.8. The van der Waals surface area contributed by atoms with E-state index in [0.29, 0.717) is 11.3 Å². The Kier molecular flexibility index (Phi) is 4.68. The Morgan fingerprint density at radius 1 is 1.29 bits per heavy atom. The lowest BCUT2D eigenvalue weighted by Gasteiger charge is -2.39. The molecular weight excluding hydrogens is 395 g/mol. The first-order valence-corrected chi connectivity index (χ1v) is 10.6. The van der Waals surface area contributed by atoms with E-state index in [2.05, 4.69) is 43.2 Å². The molecule has 0 radical (unpaired) electrons. The number of likely N-dealkylation sites (tertiary alicyclic amines) is 1. The molecule has 5 rings (SSSR count). The smallest absolute Gasteiger partial charge is 0.220 e. The summed E-state index contributed by atoms with van der Waals surface area (Å²) in [5.41, 5.74) is 6.95. The van der Waals surface area contributed by atoms with E-state index < -0.39 is 11.4 Å². The summed E-state index contributed by atoms with van der Waals surface area (Å²) in [6.45, 7) is 6.74. The minimum atomic E-state index is -1.02. The number of nitrogens with zero attached hydrogens (tertiary/aromatic N) is 5. The predicted octanol–water partition coefficient (Wildman–Crippen LogP) is 2.60. The van der Waals surface area contributed by atoms with Crippen molar-refractivity contribution in [3.8, 4) is 23.1 Å². The normalized spacial score (nSPS) is 19.0. The van der Waals surface area contributed by atoms with Gasteiger partial charge in [-0.2, -0.15) is 0 Å². The molecule has 0 spiro atoms. The molecule has 3 aromatic rings. The fourth-order valence-electron chi connectivity index (χ4n) is 4.19. The van der Waals surface area contributed by atoms with Crippen LogP contribution in [-0.2, 0) is 0 Å². The zero-order valence-corrected chi connectivity index (χ0v) is 17.6. The summed E-state index contributed by atoms with van der Waals surface area (Å²) in [5.74, 6) is 5.68. The van der Waals surface area contributed by atoms with Crippen LogP contribution in [0.5, 0.6) is 0 Å². The van der Waals surface area contributed by atoms with E-state index in [1.54, 1.807) is 13.1 Å². The average molecular weight is 420 g/mol. The quantitative estimate of drug-likeness (QED) is 0.631. The zero-order valence-electron chi connectivity index (χ0n) is 17.6. The van der Waals surface area contributed by atoms with Gasteiger partial charge in [-0.25, -0.2) is 19.3 Å². The van der Waals surface area contributed by atoms with Crippen molar-refractivity contribution >= 4 is 16.9 Å². The van der Waals surface area contributed by atoms with Crippen molar-refractivity contribution in [1.29, 1.82) is 0 Å². The Bertz CT molecular complexity index is 1210. The summed E-state index contributed by atoms with van der Waals surface area (Å²) in [7, 11) is 0. The van der Waals surface area contributed by atoms with E-state index in [0.717, 1.165) is 49.6 Å². The van der Waals surface area contributed by atoms with Crippen LogP contribution in [0.25, 0.3) is 22.2 Å². The maximum Gasteiger partial charge on any atom is 0.220 e. The lowest BCUT2D eigenvalue weighted by Crippen LogP contribution is -2.47. The summed E-state index contributed by atoms with van der Waals surface area (Å²) in [4.78, 5) is 14.8. The number of aromatic nitrogens is 4. The van der Waals surface area contributed by atoms with Gasteiger partial charge in [0.15, 0.2) is 5.82 Å². The molecule has 7 nitrogen and oxygen atoms in total. The van der Waals surface area contributed by atoms with Gasteiger partial charge in [0.1, 0.15) is 17.0 Å². The maximum absolute atomic E-state index is 14.6. The van der Waals surface area contributed by atoms with Crippen molar-refractivity contribution in [3.63, 3.8) is 0 Å². The van der Waals surface area contributed by atoms with Gasteiger partial charge in [0.25, 0.3) is 0 Å². The topological polar surface area (TPSA) is 93.1 Å². The maximum atomic E-state index is 14.6. The van der Waals surface area contributed by atoms with Gasteiger partial charge in [0.05, 0.1) is 24.0 Å². The van der Waals surface area contributed by atoms with Crippen LogP contribution < -0.4 is 5.73 Å². The number of likely N-dealkylation sites (N-methyl/N-ethyl adjacent to an activating group) is 1. The first-order valence-electron chi connectivity index (χ1n) is 10.6. The Balaban J connectivity index is 1.62. The molecule has 1 aliphatic heterocycles. The molecule has 0 amide bonds. The van der Waals surface area contributed by atoms with Crippen LogP contribution in [-0.4, -0.2) is 54.8 Å². The highest BCUT2D eigenvalue weighted by atomic mass is 19.1. The Hall–Kier alpha value is -3.02. The number of aliphatic hydroxyl groups is 1. The molecule has 0 bridgehead atoms. The molecule has 1 atom stereocenters. The van der Waals surface area contributed by atoms with E-state index >= 15 is 0 Å². The van der Waals surface area contributed by atoms with Crippen LogP contribution in [0.4, 0.5) is 10.3 Å².